The van der Waals surface area contributed by atoms with Crippen LogP contribution in [0, 0.1) is 17.2 Å². The van der Waals surface area contributed by atoms with Crippen LogP contribution in [0.4, 0.5) is 0 Å². The molecule has 0 aromatic heterocycles. The summed E-state index contributed by atoms with van der Waals surface area (Å²) in [5.74, 6) is -1.29. The van der Waals surface area contributed by atoms with Gasteiger partial charge in [-0.2, -0.15) is 5.26 Å². The second-order valence-corrected chi connectivity index (χ2v) is 1.80. The number of rotatable bonds is 3. The van der Waals surface area contributed by atoms with Crippen LogP contribution in [0.1, 0.15) is 0 Å². The normalized spacial score (nSPS) is 12.0. The minimum absolute atomic E-state index is 0.645. The summed E-state index contributed by atoms with van der Waals surface area (Å²) >= 11 is 4.79. The van der Waals surface area contributed by atoms with Crippen LogP contribution in [-0.4, -0.2) is 5.97 Å². The Morgan fingerprint density at radius 2 is 2.45 bits per heavy atom. The van der Waals surface area contributed by atoms with Gasteiger partial charge in [0, 0.05) is 6.08 Å². The molecule has 11 heavy (non-hydrogen) atoms. The summed E-state index contributed by atoms with van der Waals surface area (Å²) in [6, 6.07) is 1.73. The fraction of sp³-hybridized carbons (Fsp3) is 0.143. The number of hydrogen-bond acceptors (Lipinski definition) is 3. The molecule has 0 N–H and O–H groups in total. The van der Waals surface area contributed by atoms with E-state index in [1.807, 2.05) is 0 Å². The minimum Gasteiger partial charge on any atom is -0.347 e. The summed E-state index contributed by atoms with van der Waals surface area (Å²) in [5, 5.41) is 8.11. The number of carbonyl (C=O) groups excluding carboxylic acids is 1. The number of nitriles is 1. The first-order valence-corrected chi connectivity index (χ1v) is 3.08. The van der Waals surface area contributed by atoms with Crippen molar-refractivity contribution in [3.05, 3.63) is 24.8 Å². The topological polar surface area (TPSA) is 50.1 Å². The number of halogens is 1. The molecule has 0 bridgehead atoms. The molecule has 0 saturated heterocycles. The fourth-order valence-corrected chi connectivity index (χ4v) is 0.554. The van der Waals surface area contributed by atoms with E-state index in [2.05, 4.69) is 10.9 Å². The lowest BCUT2D eigenvalue weighted by Gasteiger charge is -1.99. The molecule has 0 saturated carbocycles. The van der Waals surface area contributed by atoms with Gasteiger partial charge in [-0.15, -0.1) is 6.58 Å². The van der Waals surface area contributed by atoms with Crippen LogP contribution in [0.2, 0.25) is 0 Å². The van der Waals surface area contributed by atoms with Gasteiger partial charge in [0.05, 0.1) is 12.0 Å². The third-order valence-electron chi connectivity index (χ3n) is 0.980. The van der Waals surface area contributed by atoms with Crippen molar-refractivity contribution in [2.24, 2.45) is 5.92 Å². The van der Waals surface area contributed by atoms with Crippen LogP contribution in [0.5, 0.6) is 0 Å². The van der Waals surface area contributed by atoms with Gasteiger partial charge in [-0.1, -0.05) is 12.2 Å². The molecule has 58 valence electrons. The van der Waals surface area contributed by atoms with Crippen LogP contribution in [0.25, 0.3) is 0 Å². The molecule has 0 aromatic rings. The summed E-state index contributed by atoms with van der Waals surface area (Å²) < 4.78 is 3.90. The number of allylic oxidation sites excluding steroid dienone is 1. The zero-order chi connectivity index (χ0) is 8.69. The van der Waals surface area contributed by atoms with Gasteiger partial charge in [0.15, 0.2) is 0 Å². The summed E-state index contributed by atoms with van der Waals surface area (Å²) in [6.07, 6.45) is 3.84. The van der Waals surface area contributed by atoms with Gasteiger partial charge in [-0.25, -0.2) is 4.79 Å². The number of nitrogens with zero attached hydrogens (tertiary/aromatic N) is 1. The summed E-state index contributed by atoms with van der Waals surface area (Å²) in [6.45, 7) is 3.36. The highest BCUT2D eigenvalue weighted by atomic mass is 35.5. The highest BCUT2D eigenvalue weighted by molar-refractivity contribution is 6.13. The highest BCUT2D eigenvalue weighted by Gasteiger charge is 2.11. The Labute approximate surface area is 69.7 Å². The monoisotopic (exact) mass is 171 g/mol. The van der Waals surface area contributed by atoms with Gasteiger partial charge in [0.25, 0.3) is 0 Å². The van der Waals surface area contributed by atoms with Crippen molar-refractivity contribution >= 4 is 17.8 Å². The molecule has 4 heteroatoms. The SMILES string of the molecule is C=CC(C=CC#N)C(=O)OCl. The van der Waals surface area contributed by atoms with E-state index in [4.69, 9.17) is 17.1 Å². The smallest absolute Gasteiger partial charge is 0.335 e. The first kappa shape index (κ1) is 9.73. The highest BCUT2D eigenvalue weighted by Crippen LogP contribution is 2.04. The van der Waals surface area contributed by atoms with Gasteiger partial charge < -0.3 is 4.29 Å². The van der Waals surface area contributed by atoms with Crippen molar-refractivity contribution in [3.63, 3.8) is 0 Å². The maximum Gasteiger partial charge on any atom is 0.335 e. The quantitative estimate of drug-likeness (QED) is 0.478. The third kappa shape index (κ3) is 3.43. The summed E-state index contributed by atoms with van der Waals surface area (Å²) in [4.78, 5) is 10.7. The van der Waals surface area contributed by atoms with Crippen LogP contribution in [-0.2, 0) is 9.08 Å². The zero-order valence-electron chi connectivity index (χ0n) is 5.66. The Bertz CT molecular complexity index is 217. The number of hydrogen-bond donors (Lipinski definition) is 0. The van der Waals surface area contributed by atoms with E-state index in [0.29, 0.717) is 0 Å². The average Bonchev–Trinajstić information content (AvgIpc) is 2.05. The van der Waals surface area contributed by atoms with Crippen molar-refractivity contribution in [1.29, 1.82) is 5.26 Å². The summed E-state index contributed by atoms with van der Waals surface area (Å²) in [5.41, 5.74) is 0. The Hall–Kier alpha value is -1.27. The predicted molar refractivity (Wildman–Crippen MR) is 40.4 cm³/mol. The Morgan fingerprint density at radius 1 is 1.82 bits per heavy atom. The van der Waals surface area contributed by atoms with Crippen LogP contribution in [0.15, 0.2) is 24.8 Å². The average molecular weight is 172 g/mol. The fourth-order valence-electron chi connectivity index (χ4n) is 0.451. The first-order chi connectivity index (χ1) is 5.26. The van der Waals surface area contributed by atoms with E-state index in [-0.39, 0.29) is 0 Å². The van der Waals surface area contributed by atoms with E-state index >= 15 is 0 Å². The van der Waals surface area contributed by atoms with Crippen molar-refractivity contribution in [2.45, 2.75) is 0 Å². The molecular formula is C7H6ClNO2. The lowest BCUT2D eigenvalue weighted by Crippen LogP contribution is -2.08. The van der Waals surface area contributed by atoms with Gasteiger partial charge in [0.1, 0.15) is 11.9 Å². The van der Waals surface area contributed by atoms with Crippen LogP contribution < -0.4 is 0 Å². The molecule has 0 fully saturated rings. The molecule has 3 nitrogen and oxygen atoms in total. The van der Waals surface area contributed by atoms with E-state index in [0.717, 1.165) is 0 Å². The second-order valence-electron chi connectivity index (χ2n) is 1.65. The molecule has 0 heterocycles. The molecule has 1 atom stereocenters. The molecular weight excluding hydrogens is 166 g/mol. The van der Waals surface area contributed by atoms with E-state index < -0.39 is 11.9 Å². The molecule has 0 amide bonds. The van der Waals surface area contributed by atoms with E-state index in [9.17, 15) is 4.79 Å². The Balaban J connectivity index is 4.19. The van der Waals surface area contributed by atoms with Gasteiger partial charge >= 0.3 is 5.97 Å². The maximum atomic E-state index is 10.7. The van der Waals surface area contributed by atoms with Crippen molar-refractivity contribution in [2.75, 3.05) is 0 Å². The van der Waals surface area contributed by atoms with Gasteiger partial charge in [-0.3, -0.25) is 0 Å². The van der Waals surface area contributed by atoms with Crippen molar-refractivity contribution in [1.82, 2.24) is 0 Å². The second kappa shape index (κ2) is 5.51. The Morgan fingerprint density at radius 3 is 2.82 bits per heavy atom. The molecule has 0 aliphatic rings. The van der Waals surface area contributed by atoms with Gasteiger partial charge in [0.2, 0.25) is 0 Å². The largest absolute Gasteiger partial charge is 0.347 e. The Kier molecular flexibility index (Phi) is 4.87. The molecule has 0 radical (unpaired) electrons. The minimum atomic E-state index is -0.646. The molecule has 0 aliphatic carbocycles. The number of carbonyl (C=O) groups is 1. The maximum absolute atomic E-state index is 10.7. The first-order valence-electron chi connectivity index (χ1n) is 2.77. The molecule has 1 unspecified atom stereocenters. The van der Waals surface area contributed by atoms with Crippen molar-refractivity contribution in [3.8, 4) is 6.07 Å². The van der Waals surface area contributed by atoms with E-state index in [1.165, 1.54) is 18.2 Å². The lowest BCUT2D eigenvalue weighted by atomic mass is 10.1. The molecule has 0 aliphatic heterocycles. The van der Waals surface area contributed by atoms with Crippen LogP contribution >= 0.6 is 11.9 Å². The molecule has 0 rings (SSSR count). The van der Waals surface area contributed by atoms with Crippen molar-refractivity contribution < 1.29 is 9.08 Å². The lowest BCUT2D eigenvalue weighted by molar-refractivity contribution is -0.135. The zero-order valence-corrected chi connectivity index (χ0v) is 6.41. The van der Waals surface area contributed by atoms with Gasteiger partial charge in [-0.05, 0) is 0 Å². The third-order valence-corrected chi connectivity index (χ3v) is 1.13. The standard InChI is InChI=1S/C7H6ClNO2/c1-2-6(4-3-5-9)7(10)11-8/h2-4,6H,1H2. The molecule has 0 aromatic carbocycles. The summed E-state index contributed by atoms with van der Waals surface area (Å²) in [7, 11) is 0. The molecule has 0 spiro atoms. The van der Waals surface area contributed by atoms with Crippen LogP contribution in [0.3, 0.4) is 0 Å². The predicted octanol–water partition coefficient (Wildman–Crippen LogP) is 1.57. The van der Waals surface area contributed by atoms with E-state index in [1.54, 1.807) is 6.07 Å².